The van der Waals surface area contributed by atoms with E-state index in [1.54, 1.807) is 12.1 Å². The van der Waals surface area contributed by atoms with Crippen LogP contribution in [-0.2, 0) is 25.6 Å². The van der Waals surface area contributed by atoms with Gasteiger partial charge >= 0.3 is 5.97 Å². The van der Waals surface area contributed by atoms with Gasteiger partial charge in [0.2, 0.25) is 17.7 Å². The van der Waals surface area contributed by atoms with Gasteiger partial charge in [0.05, 0.1) is 6.04 Å². The molecule has 1 heterocycles. The fourth-order valence-corrected chi connectivity index (χ4v) is 3.74. The molecule has 0 spiro atoms. The third-order valence-electron chi connectivity index (χ3n) is 6.12. The van der Waals surface area contributed by atoms with Crippen LogP contribution >= 0.6 is 0 Å². The summed E-state index contributed by atoms with van der Waals surface area (Å²) in [7, 11) is 0. The van der Waals surface area contributed by atoms with Gasteiger partial charge in [-0.2, -0.15) is 0 Å². The number of carboxylic acids is 1. The van der Waals surface area contributed by atoms with E-state index >= 15 is 0 Å². The second kappa shape index (κ2) is 11.6. The molecule has 1 saturated heterocycles. The van der Waals surface area contributed by atoms with Crippen molar-refractivity contribution in [3.63, 3.8) is 0 Å². The number of phenolic OH excluding ortho intramolecular Hbond substituents is 1. The van der Waals surface area contributed by atoms with Gasteiger partial charge in [-0.1, -0.05) is 32.4 Å². The normalized spacial score (nSPS) is 19.3. The summed E-state index contributed by atoms with van der Waals surface area (Å²) in [4.78, 5) is 51.3. The van der Waals surface area contributed by atoms with Crippen molar-refractivity contribution in [2.24, 2.45) is 11.7 Å². The Morgan fingerprint density at radius 1 is 1.12 bits per heavy atom. The van der Waals surface area contributed by atoms with Crippen LogP contribution in [0.5, 0.6) is 5.75 Å². The van der Waals surface area contributed by atoms with E-state index in [1.165, 1.54) is 24.0 Å². The Bertz CT molecular complexity index is 859. The molecule has 0 aliphatic carbocycles. The summed E-state index contributed by atoms with van der Waals surface area (Å²) in [5.41, 5.74) is 6.60. The molecular weight excluding hydrogens is 428 g/mol. The van der Waals surface area contributed by atoms with Crippen molar-refractivity contribution in [2.45, 2.75) is 70.6 Å². The molecule has 0 radical (unpaired) electrons. The molecule has 1 aliphatic rings. The second-order valence-corrected chi connectivity index (χ2v) is 8.60. The molecule has 0 bridgehead atoms. The minimum Gasteiger partial charge on any atom is -0.508 e. The first-order chi connectivity index (χ1) is 15.5. The summed E-state index contributed by atoms with van der Waals surface area (Å²) in [5.74, 6) is -2.63. The zero-order chi connectivity index (χ0) is 24.7. The lowest BCUT2D eigenvalue weighted by molar-refractivity contribution is -0.149. The highest BCUT2D eigenvalue weighted by atomic mass is 16.4. The summed E-state index contributed by atoms with van der Waals surface area (Å²) in [6.45, 7) is 5.54. The molecule has 182 valence electrons. The number of hydrogen-bond donors (Lipinski definition) is 5. The van der Waals surface area contributed by atoms with Gasteiger partial charge in [-0.25, -0.2) is 4.79 Å². The van der Waals surface area contributed by atoms with E-state index in [4.69, 9.17) is 5.73 Å². The molecule has 5 atom stereocenters. The SMILES string of the molecule is CCC(C)C(N)C(=O)NC(C)C(=O)NC(Cc1ccc(O)cc1)C(=O)N1CCCC1C(=O)O. The summed E-state index contributed by atoms with van der Waals surface area (Å²) >= 11 is 0. The minimum absolute atomic E-state index is 0.0603. The molecule has 1 aliphatic heterocycles. The zero-order valence-electron chi connectivity index (χ0n) is 19.3. The number of nitrogens with two attached hydrogens (primary N) is 1. The molecule has 5 unspecified atom stereocenters. The topological polar surface area (TPSA) is 162 Å². The number of aromatic hydroxyl groups is 1. The Balaban J connectivity index is 2.16. The number of rotatable bonds is 10. The predicted molar refractivity (Wildman–Crippen MR) is 121 cm³/mol. The quantitative estimate of drug-likeness (QED) is 0.335. The van der Waals surface area contributed by atoms with Crippen LogP contribution in [-0.4, -0.2) is 69.5 Å². The van der Waals surface area contributed by atoms with E-state index in [0.717, 1.165) is 0 Å². The van der Waals surface area contributed by atoms with Gasteiger partial charge in [0.1, 0.15) is 23.9 Å². The molecule has 1 aromatic carbocycles. The number of amides is 3. The Morgan fingerprint density at radius 2 is 1.76 bits per heavy atom. The molecule has 1 aromatic rings. The minimum atomic E-state index is -1.09. The van der Waals surface area contributed by atoms with E-state index in [1.807, 2.05) is 13.8 Å². The van der Waals surface area contributed by atoms with Gasteiger partial charge in [0.15, 0.2) is 0 Å². The summed E-state index contributed by atoms with van der Waals surface area (Å²) in [6, 6.07) is 2.49. The molecule has 0 saturated carbocycles. The fraction of sp³-hybridized carbons (Fsp3) is 0.565. The molecule has 0 aromatic heterocycles. The number of carbonyl (C=O) groups is 4. The number of nitrogens with zero attached hydrogens (tertiary/aromatic N) is 1. The van der Waals surface area contributed by atoms with Crippen molar-refractivity contribution in [3.8, 4) is 5.75 Å². The largest absolute Gasteiger partial charge is 0.508 e. The molecule has 3 amide bonds. The molecular formula is C23H34N4O6. The highest BCUT2D eigenvalue weighted by molar-refractivity contribution is 5.94. The summed E-state index contributed by atoms with van der Waals surface area (Å²) < 4.78 is 0. The van der Waals surface area contributed by atoms with E-state index in [2.05, 4.69) is 10.6 Å². The van der Waals surface area contributed by atoms with Crippen molar-refractivity contribution >= 4 is 23.7 Å². The first-order valence-electron chi connectivity index (χ1n) is 11.2. The molecule has 6 N–H and O–H groups in total. The lowest BCUT2D eigenvalue weighted by Crippen LogP contribution is -2.57. The maximum Gasteiger partial charge on any atom is 0.326 e. The number of aliphatic carboxylic acids is 1. The number of likely N-dealkylation sites (tertiary alicyclic amines) is 1. The van der Waals surface area contributed by atoms with Crippen molar-refractivity contribution in [1.82, 2.24) is 15.5 Å². The fourth-order valence-electron chi connectivity index (χ4n) is 3.74. The van der Waals surface area contributed by atoms with Crippen LogP contribution in [0.2, 0.25) is 0 Å². The standard InChI is InChI=1S/C23H34N4O6/c1-4-13(2)19(24)21(30)25-14(3)20(29)26-17(12-15-7-9-16(28)10-8-15)22(31)27-11-5-6-18(27)23(32)33/h7-10,13-14,17-19,28H,4-6,11-12,24H2,1-3H3,(H,25,30)(H,26,29)(H,32,33). The molecule has 1 fully saturated rings. The van der Waals surface area contributed by atoms with E-state index < -0.39 is 47.9 Å². The Morgan fingerprint density at radius 3 is 2.33 bits per heavy atom. The highest BCUT2D eigenvalue weighted by Gasteiger charge is 2.38. The molecule has 2 rings (SSSR count). The Hall–Kier alpha value is -3.14. The van der Waals surface area contributed by atoms with Crippen molar-refractivity contribution in [1.29, 1.82) is 0 Å². The van der Waals surface area contributed by atoms with Crippen LogP contribution in [0.25, 0.3) is 0 Å². The number of nitrogens with one attached hydrogen (secondary N) is 2. The maximum atomic E-state index is 13.2. The first kappa shape index (κ1) is 26.1. The first-order valence-corrected chi connectivity index (χ1v) is 11.2. The average molecular weight is 463 g/mol. The number of carboxylic acid groups (broad SMARTS) is 1. The molecule has 10 nitrogen and oxygen atoms in total. The Labute approximate surface area is 193 Å². The number of carbonyl (C=O) groups excluding carboxylic acids is 3. The van der Waals surface area contributed by atoms with Gasteiger partial charge in [-0.15, -0.1) is 0 Å². The maximum absolute atomic E-state index is 13.2. The van der Waals surface area contributed by atoms with Crippen LogP contribution in [0.4, 0.5) is 0 Å². The smallest absolute Gasteiger partial charge is 0.326 e. The van der Waals surface area contributed by atoms with Crippen LogP contribution in [0.3, 0.4) is 0 Å². The molecule has 10 heteroatoms. The van der Waals surface area contributed by atoms with Crippen LogP contribution < -0.4 is 16.4 Å². The summed E-state index contributed by atoms with van der Waals surface area (Å²) in [5, 5.41) is 24.2. The summed E-state index contributed by atoms with van der Waals surface area (Å²) in [6.07, 6.45) is 1.71. The predicted octanol–water partition coefficient (Wildman–Crippen LogP) is 0.373. The van der Waals surface area contributed by atoms with Gasteiger partial charge in [-0.05, 0) is 43.4 Å². The number of phenols is 1. The van der Waals surface area contributed by atoms with Gasteiger partial charge in [0.25, 0.3) is 0 Å². The van der Waals surface area contributed by atoms with E-state index in [-0.39, 0.29) is 24.6 Å². The van der Waals surface area contributed by atoms with Gasteiger partial charge in [-0.3, -0.25) is 14.4 Å². The van der Waals surface area contributed by atoms with Crippen molar-refractivity contribution in [2.75, 3.05) is 6.54 Å². The van der Waals surface area contributed by atoms with Crippen LogP contribution in [0, 0.1) is 5.92 Å². The number of hydrogen-bond acceptors (Lipinski definition) is 6. The second-order valence-electron chi connectivity index (χ2n) is 8.60. The average Bonchev–Trinajstić information content (AvgIpc) is 3.28. The van der Waals surface area contributed by atoms with E-state index in [0.29, 0.717) is 24.8 Å². The highest BCUT2D eigenvalue weighted by Crippen LogP contribution is 2.20. The van der Waals surface area contributed by atoms with E-state index in [9.17, 15) is 29.4 Å². The zero-order valence-corrected chi connectivity index (χ0v) is 19.3. The number of benzene rings is 1. The molecule has 33 heavy (non-hydrogen) atoms. The van der Waals surface area contributed by atoms with Crippen LogP contribution in [0.1, 0.15) is 45.6 Å². The third-order valence-corrected chi connectivity index (χ3v) is 6.12. The monoisotopic (exact) mass is 462 g/mol. The van der Waals surface area contributed by atoms with Gasteiger partial charge < -0.3 is 31.5 Å². The lowest BCUT2D eigenvalue weighted by atomic mass is 9.99. The van der Waals surface area contributed by atoms with Crippen molar-refractivity contribution in [3.05, 3.63) is 29.8 Å². The third kappa shape index (κ3) is 6.92. The lowest BCUT2D eigenvalue weighted by Gasteiger charge is -2.28. The Kier molecular flexibility index (Phi) is 9.22. The van der Waals surface area contributed by atoms with Crippen molar-refractivity contribution < 1.29 is 29.4 Å². The van der Waals surface area contributed by atoms with Crippen LogP contribution in [0.15, 0.2) is 24.3 Å². The van der Waals surface area contributed by atoms with Gasteiger partial charge in [0, 0.05) is 13.0 Å².